The van der Waals surface area contributed by atoms with Crippen LogP contribution in [0.4, 0.5) is 14.5 Å². The van der Waals surface area contributed by atoms with Gasteiger partial charge in [0.1, 0.15) is 23.1 Å². The molecule has 4 rings (SSSR count). The van der Waals surface area contributed by atoms with E-state index in [9.17, 15) is 18.4 Å². The standard InChI is InChI=1S/C24H24F2N2O3/c1-3-31-18-9-6-16(7-10-18)21-22(27-12-4-5-15(2)14-27)24(30)28(23(21)29)20-13-17(25)8-11-19(20)26/h6-11,13,15H,3-5,12,14H2,1-2H3. The predicted octanol–water partition coefficient (Wildman–Crippen LogP) is 4.38. The summed E-state index contributed by atoms with van der Waals surface area (Å²) in [6, 6.07) is 9.63. The van der Waals surface area contributed by atoms with Crippen LogP contribution in [0.25, 0.3) is 5.57 Å². The molecule has 1 fully saturated rings. The average molecular weight is 426 g/mol. The first-order valence-corrected chi connectivity index (χ1v) is 10.5. The molecule has 162 valence electrons. The number of anilines is 1. The molecule has 5 nitrogen and oxygen atoms in total. The quantitative estimate of drug-likeness (QED) is 0.666. The van der Waals surface area contributed by atoms with Crippen LogP contribution < -0.4 is 9.64 Å². The highest BCUT2D eigenvalue weighted by atomic mass is 19.1. The minimum absolute atomic E-state index is 0.200. The molecular weight excluding hydrogens is 402 g/mol. The minimum atomic E-state index is -0.831. The van der Waals surface area contributed by atoms with E-state index in [1.807, 2.05) is 11.8 Å². The van der Waals surface area contributed by atoms with Crippen molar-refractivity contribution in [2.45, 2.75) is 26.7 Å². The highest BCUT2D eigenvalue weighted by Gasteiger charge is 2.44. The molecule has 2 heterocycles. The Morgan fingerprint density at radius 2 is 1.81 bits per heavy atom. The van der Waals surface area contributed by atoms with Gasteiger partial charge in [0.2, 0.25) is 0 Å². The van der Waals surface area contributed by atoms with Gasteiger partial charge >= 0.3 is 0 Å². The van der Waals surface area contributed by atoms with Gasteiger partial charge in [-0.25, -0.2) is 13.7 Å². The molecule has 2 aromatic rings. The maximum atomic E-state index is 14.5. The zero-order valence-electron chi connectivity index (χ0n) is 17.5. The van der Waals surface area contributed by atoms with Gasteiger partial charge in [-0.3, -0.25) is 9.59 Å². The van der Waals surface area contributed by atoms with Gasteiger partial charge < -0.3 is 9.64 Å². The summed E-state index contributed by atoms with van der Waals surface area (Å²) in [6.45, 7) is 5.71. The first-order chi connectivity index (χ1) is 14.9. The third-order valence-corrected chi connectivity index (χ3v) is 5.64. The number of ether oxygens (including phenoxy) is 1. The van der Waals surface area contributed by atoms with Gasteiger partial charge in [0.15, 0.2) is 0 Å². The lowest BCUT2D eigenvalue weighted by Crippen LogP contribution is -2.39. The summed E-state index contributed by atoms with van der Waals surface area (Å²) in [5, 5.41) is 0. The van der Waals surface area contributed by atoms with Crippen LogP contribution in [0.3, 0.4) is 0 Å². The average Bonchev–Trinajstić information content (AvgIpc) is 3.01. The number of likely N-dealkylation sites (tertiary alicyclic amines) is 1. The number of carbonyl (C=O) groups excluding carboxylic acids is 2. The summed E-state index contributed by atoms with van der Waals surface area (Å²) >= 11 is 0. The first kappa shape index (κ1) is 21.0. The Hall–Kier alpha value is -3.22. The van der Waals surface area contributed by atoms with E-state index >= 15 is 0 Å². The Kier molecular flexibility index (Phi) is 5.76. The van der Waals surface area contributed by atoms with E-state index in [2.05, 4.69) is 6.92 Å². The number of halogens is 2. The van der Waals surface area contributed by atoms with Crippen LogP contribution in [0, 0.1) is 17.6 Å². The van der Waals surface area contributed by atoms with Crippen molar-refractivity contribution in [3.05, 3.63) is 65.4 Å². The van der Waals surface area contributed by atoms with Gasteiger partial charge in [0.05, 0.1) is 17.9 Å². The lowest BCUT2D eigenvalue weighted by molar-refractivity contribution is -0.120. The number of carbonyl (C=O) groups is 2. The number of rotatable bonds is 5. The minimum Gasteiger partial charge on any atom is -0.494 e. The summed E-state index contributed by atoms with van der Waals surface area (Å²) in [7, 11) is 0. The summed E-state index contributed by atoms with van der Waals surface area (Å²) < 4.78 is 33.8. The van der Waals surface area contributed by atoms with E-state index in [1.165, 1.54) is 0 Å². The maximum absolute atomic E-state index is 14.5. The summed E-state index contributed by atoms with van der Waals surface area (Å²) in [5.74, 6) is -1.85. The van der Waals surface area contributed by atoms with E-state index in [0.29, 0.717) is 36.9 Å². The lowest BCUT2D eigenvalue weighted by atomic mass is 9.97. The van der Waals surface area contributed by atoms with E-state index in [-0.39, 0.29) is 17.0 Å². The lowest BCUT2D eigenvalue weighted by Gasteiger charge is -2.33. The molecule has 0 spiro atoms. The van der Waals surface area contributed by atoms with Crippen LogP contribution in [0.15, 0.2) is 48.2 Å². The van der Waals surface area contributed by atoms with Gasteiger partial charge in [0, 0.05) is 19.2 Å². The Labute approximate surface area is 179 Å². The van der Waals surface area contributed by atoms with Crippen molar-refractivity contribution >= 4 is 23.1 Å². The summed E-state index contributed by atoms with van der Waals surface area (Å²) in [4.78, 5) is 29.5. The van der Waals surface area contributed by atoms with Crippen molar-refractivity contribution in [3.8, 4) is 5.75 Å². The Morgan fingerprint density at radius 1 is 1.06 bits per heavy atom. The first-order valence-electron chi connectivity index (χ1n) is 10.5. The number of hydrogen-bond acceptors (Lipinski definition) is 4. The van der Waals surface area contributed by atoms with Crippen molar-refractivity contribution in [2.75, 3.05) is 24.6 Å². The fourth-order valence-corrected chi connectivity index (χ4v) is 4.22. The molecule has 1 saturated heterocycles. The van der Waals surface area contributed by atoms with E-state index in [4.69, 9.17) is 4.74 Å². The third-order valence-electron chi connectivity index (χ3n) is 5.64. The van der Waals surface area contributed by atoms with Gasteiger partial charge in [-0.15, -0.1) is 0 Å². The molecule has 0 N–H and O–H groups in total. The molecule has 2 aromatic carbocycles. The second-order valence-corrected chi connectivity index (χ2v) is 7.92. The van der Waals surface area contributed by atoms with E-state index in [0.717, 1.165) is 35.9 Å². The Balaban J connectivity index is 1.82. The third kappa shape index (κ3) is 3.92. The topological polar surface area (TPSA) is 49.9 Å². The monoisotopic (exact) mass is 426 g/mol. The number of nitrogens with zero attached hydrogens (tertiary/aromatic N) is 2. The molecule has 0 radical (unpaired) electrons. The zero-order valence-corrected chi connectivity index (χ0v) is 17.5. The van der Waals surface area contributed by atoms with Crippen LogP contribution in [0.1, 0.15) is 32.3 Å². The molecule has 1 unspecified atom stereocenters. The fourth-order valence-electron chi connectivity index (χ4n) is 4.22. The summed E-state index contributed by atoms with van der Waals surface area (Å²) in [5.41, 5.74) is 0.600. The van der Waals surface area contributed by atoms with Gasteiger partial charge in [-0.05, 0) is 55.5 Å². The van der Waals surface area contributed by atoms with Crippen LogP contribution in [0.5, 0.6) is 5.75 Å². The van der Waals surface area contributed by atoms with Gasteiger partial charge in [-0.1, -0.05) is 19.1 Å². The normalized spacial score (nSPS) is 19.4. The molecular formula is C24H24F2N2O3. The molecule has 2 aliphatic rings. The molecule has 31 heavy (non-hydrogen) atoms. The molecule has 0 saturated carbocycles. The number of benzene rings is 2. The Bertz CT molecular complexity index is 1050. The zero-order chi connectivity index (χ0) is 22.1. The van der Waals surface area contributed by atoms with Crippen molar-refractivity contribution < 1.29 is 23.1 Å². The predicted molar refractivity (Wildman–Crippen MR) is 113 cm³/mol. The highest BCUT2D eigenvalue weighted by Crippen LogP contribution is 2.37. The second-order valence-electron chi connectivity index (χ2n) is 7.92. The second kappa shape index (κ2) is 8.49. The number of imide groups is 1. The summed E-state index contributed by atoms with van der Waals surface area (Å²) in [6.07, 6.45) is 1.92. The highest BCUT2D eigenvalue weighted by molar-refractivity contribution is 6.45. The smallest absolute Gasteiger partial charge is 0.282 e. The van der Waals surface area contributed by atoms with E-state index in [1.54, 1.807) is 24.3 Å². The fraction of sp³-hybridized carbons (Fsp3) is 0.333. The number of amides is 2. The largest absolute Gasteiger partial charge is 0.494 e. The molecule has 2 aliphatic heterocycles. The molecule has 0 aromatic heterocycles. The van der Waals surface area contributed by atoms with Crippen molar-refractivity contribution in [2.24, 2.45) is 5.92 Å². The van der Waals surface area contributed by atoms with E-state index < -0.39 is 23.4 Å². The van der Waals surface area contributed by atoms with Gasteiger partial charge in [0.25, 0.3) is 11.8 Å². The Morgan fingerprint density at radius 3 is 2.48 bits per heavy atom. The molecule has 0 bridgehead atoms. The van der Waals surface area contributed by atoms with Crippen LogP contribution >= 0.6 is 0 Å². The molecule has 1 atom stereocenters. The van der Waals surface area contributed by atoms with Gasteiger partial charge in [-0.2, -0.15) is 0 Å². The van der Waals surface area contributed by atoms with Crippen molar-refractivity contribution in [1.29, 1.82) is 0 Å². The van der Waals surface area contributed by atoms with Crippen molar-refractivity contribution in [1.82, 2.24) is 4.90 Å². The maximum Gasteiger partial charge on any atom is 0.282 e. The number of hydrogen-bond donors (Lipinski definition) is 0. The molecule has 7 heteroatoms. The molecule has 2 amide bonds. The van der Waals surface area contributed by atoms with Crippen LogP contribution in [-0.4, -0.2) is 36.4 Å². The van der Waals surface area contributed by atoms with Crippen LogP contribution in [0.2, 0.25) is 0 Å². The molecule has 0 aliphatic carbocycles. The van der Waals surface area contributed by atoms with Crippen LogP contribution in [-0.2, 0) is 9.59 Å². The van der Waals surface area contributed by atoms with Crippen molar-refractivity contribution in [3.63, 3.8) is 0 Å². The number of piperidine rings is 1. The SMILES string of the molecule is CCOc1ccc(C2=C(N3CCCC(C)C3)C(=O)N(c3cc(F)ccc3F)C2=O)cc1.